The second-order valence-corrected chi connectivity index (χ2v) is 3.16. The molecule has 0 bridgehead atoms. The predicted octanol–water partition coefficient (Wildman–Crippen LogP) is 3.45. The SMILES string of the molecule is CC.Cc1ccc(C)c2c1OC(C)O2. The molecule has 0 radical (unpaired) electrons. The van der Waals surface area contributed by atoms with Crippen molar-refractivity contribution in [1.82, 2.24) is 0 Å². The Hall–Kier alpha value is -1.18. The van der Waals surface area contributed by atoms with Gasteiger partial charge in [0.1, 0.15) is 0 Å². The lowest BCUT2D eigenvalue weighted by Gasteiger charge is -2.01. The number of ether oxygens (including phenoxy) is 2. The number of aryl methyl sites for hydroxylation is 2. The van der Waals surface area contributed by atoms with Gasteiger partial charge in [-0.1, -0.05) is 26.0 Å². The molecule has 0 N–H and O–H groups in total. The van der Waals surface area contributed by atoms with Crippen LogP contribution < -0.4 is 9.47 Å². The first-order valence-corrected chi connectivity index (χ1v) is 5.12. The molecule has 0 aromatic heterocycles. The number of rotatable bonds is 0. The summed E-state index contributed by atoms with van der Waals surface area (Å²) in [5.74, 6) is 1.81. The Balaban J connectivity index is 0.000000461. The molecule has 0 unspecified atom stereocenters. The first-order valence-electron chi connectivity index (χ1n) is 5.12. The fourth-order valence-electron chi connectivity index (χ4n) is 1.41. The second-order valence-electron chi connectivity index (χ2n) is 3.16. The Kier molecular flexibility index (Phi) is 3.39. The van der Waals surface area contributed by atoms with Crippen LogP contribution in [0.5, 0.6) is 11.5 Å². The summed E-state index contributed by atoms with van der Waals surface area (Å²) in [5, 5.41) is 0. The van der Waals surface area contributed by atoms with Gasteiger partial charge in [-0.15, -0.1) is 0 Å². The summed E-state index contributed by atoms with van der Waals surface area (Å²) in [6.07, 6.45) is -0.139. The molecule has 1 aliphatic heterocycles. The van der Waals surface area contributed by atoms with Gasteiger partial charge in [-0.2, -0.15) is 0 Å². The van der Waals surface area contributed by atoms with Crippen molar-refractivity contribution >= 4 is 0 Å². The van der Waals surface area contributed by atoms with Gasteiger partial charge in [-0.25, -0.2) is 0 Å². The standard InChI is InChI=1S/C10H12O2.C2H6/c1-6-4-5-7(2)10-9(6)11-8(3)12-10;1-2/h4-5,8H,1-3H3;1-2H3. The Morgan fingerprint density at radius 3 is 1.64 bits per heavy atom. The maximum absolute atomic E-state index is 5.50. The molecule has 0 saturated carbocycles. The third-order valence-corrected chi connectivity index (χ3v) is 2.07. The van der Waals surface area contributed by atoms with Gasteiger partial charge in [0.05, 0.1) is 0 Å². The van der Waals surface area contributed by atoms with Crippen molar-refractivity contribution in [2.24, 2.45) is 0 Å². The van der Waals surface area contributed by atoms with Crippen molar-refractivity contribution in [2.45, 2.75) is 40.9 Å². The minimum atomic E-state index is -0.139. The number of hydrogen-bond acceptors (Lipinski definition) is 2. The molecule has 0 aliphatic carbocycles. The average molecular weight is 194 g/mol. The van der Waals surface area contributed by atoms with Gasteiger partial charge >= 0.3 is 0 Å². The molecular formula is C12H18O2. The van der Waals surface area contributed by atoms with E-state index in [2.05, 4.69) is 12.1 Å². The van der Waals surface area contributed by atoms with E-state index in [9.17, 15) is 0 Å². The number of hydrogen-bond donors (Lipinski definition) is 0. The summed E-state index contributed by atoms with van der Waals surface area (Å²) in [6.45, 7) is 9.96. The van der Waals surface area contributed by atoms with Gasteiger partial charge in [-0.3, -0.25) is 0 Å². The van der Waals surface area contributed by atoms with Crippen molar-refractivity contribution in [1.29, 1.82) is 0 Å². The van der Waals surface area contributed by atoms with E-state index >= 15 is 0 Å². The van der Waals surface area contributed by atoms with E-state index in [0.717, 1.165) is 22.6 Å². The first-order chi connectivity index (χ1) is 6.68. The van der Waals surface area contributed by atoms with Crippen molar-refractivity contribution < 1.29 is 9.47 Å². The zero-order chi connectivity index (χ0) is 10.7. The molecular weight excluding hydrogens is 176 g/mol. The molecule has 14 heavy (non-hydrogen) atoms. The second kappa shape index (κ2) is 4.36. The summed E-state index contributed by atoms with van der Waals surface area (Å²) < 4.78 is 11.0. The maximum atomic E-state index is 5.50. The van der Waals surface area contributed by atoms with Crippen LogP contribution in [0, 0.1) is 13.8 Å². The Morgan fingerprint density at radius 1 is 0.929 bits per heavy atom. The lowest BCUT2D eigenvalue weighted by Crippen LogP contribution is -2.11. The molecule has 0 saturated heterocycles. The van der Waals surface area contributed by atoms with Crippen LogP contribution in [-0.2, 0) is 0 Å². The third kappa shape index (κ3) is 1.84. The smallest absolute Gasteiger partial charge is 0.238 e. The van der Waals surface area contributed by atoms with Crippen LogP contribution in [0.25, 0.3) is 0 Å². The highest BCUT2D eigenvalue weighted by Gasteiger charge is 2.23. The summed E-state index contributed by atoms with van der Waals surface area (Å²) in [5.41, 5.74) is 2.28. The molecule has 0 atom stereocenters. The molecule has 2 rings (SSSR count). The first kappa shape index (κ1) is 10.9. The highest BCUT2D eigenvalue weighted by atomic mass is 16.7. The zero-order valence-electron chi connectivity index (χ0n) is 9.55. The van der Waals surface area contributed by atoms with Gasteiger partial charge in [0, 0.05) is 6.92 Å². The van der Waals surface area contributed by atoms with Crippen LogP contribution in [0.1, 0.15) is 31.9 Å². The average Bonchev–Trinajstić information content (AvgIpc) is 2.58. The van der Waals surface area contributed by atoms with E-state index in [1.807, 2.05) is 34.6 Å². The fraction of sp³-hybridized carbons (Fsp3) is 0.500. The molecule has 0 spiro atoms. The van der Waals surface area contributed by atoms with E-state index in [1.165, 1.54) is 0 Å². The zero-order valence-corrected chi connectivity index (χ0v) is 9.55. The summed E-state index contributed by atoms with van der Waals surface area (Å²) in [6, 6.07) is 4.10. The van der Waals surface area contributed by atoms with Crippen molar-refractivity contribution in [2.75, 3.05) is 0 Å². The highest BCUT2D eigenvalue weighted by molar-refractivity contribution is 5.52. The lowest BCUT2D eigenvalue weighted by molar-refractivity contribution is 0.0671. The topological polar surface area (TPSA) is 18.5 Å². The molecule has 1 heterocycles. The Bertz CT molecular complexity index is 287. The Morgan fingerprint density at radius 2 is 1.29 bits per heavy atom. The van der Waals surface area contributed by atoms with Gasteiger partial charge in [0.25, 0.3) is 0 Å². The van der Waals surface area contributed by atoms with Crippen molar-refractivity contribution in [3.05, 3.63) is 23.3 Å². The van der Waals surface area contributed by atoms with Gasteiger partial charge in [-0.05, 0) is 25.0 Å². The normalized spacial score (nSPS) is 13.5. The van der Waals surface area contributed by atoms with Gasteiger partial charge in [0.2, 0.25) is 6.29 Å². The Labute approximate surface area is 85.8 Å². The molecule has 78 valence electrons. The quantitative estimate of drug-likeness (QED) is 0.629. The van der Waals surface area contributed by atoms with Crippen molar-refractivity contribution in [3.63, 3.8) is 0 Å². The van der Waals surface area contributed by atoms with Crippen LogP contribution in [0.3, 0.4) is 0 Å². The maximum Gasteiger partial charge on any atom is 0.238 e. The molecule has 0 fully saturated rings. The predicted molar refractivity (Wildman–Crippen MR) is 58.0 cm³/mol. The van der Waals surface area contributed by atoms with E-state index in [1.54, 1.807) is 0 Å². The summed E-state index contributed by atoms with van der Waals surface area (Å²) >= 11 is 0. The minimum absolute atomic E-state index is 0.139. The minimum Gasteiger partial charge on any atom is -0.451 e. The van der Waals surface area contributed by atoms with E-state index < -0.39 is 0 Å². The van der Waals surface area contributed by atoms with E-state index in [-0.39, 0.29) is 6.29 Å². The van der Waals surface area contributed by atoms with Crippen LogP contribution in [0.4, 0.5) is 0 Å². The number of benzene rings is 1. The van der Waals surface area contributed by atoms with Crippen LogP contribution in [-0.4, -0.2) is 6.29 Å². The molecule has 1 aliphatic rings. The fourth-order valence-corrected chi connectivity index (χ4v) is 1.41. The monoisotopic (exact) mass is 194 g/mol. The number of fused-ring (bicyclic) bond motifs is 1. The van der Waals surface area contributed by atoms with Crippen LogP contribution in [0.15, 0.2) is 12.1 Å². The van der Waals surface area contributed by atoms with Crippen molar-refractivity contribution in [3.8, 4) is 11.5 Å². The summed E-state index contributed by atoms with van der Waals surface area (Å²) in [4.78, 5) is 0. The third-order valence-electron chi connectivity index (χ3n) is 2.07. The molecule has 2 heteroatoms. The largest absolute Gasteiger partial charge is 0.451 e. The van der Waals surface area contributed by atoms with E-state index in [4.69, 9.17) is 9.47 Å². The molecule has 1 aromatic rings. The van der Waals surface area contributed by atoms with Gasteiger partial charge < -0.3 is 9.47 Å². The molecule has 1 aromatic carbocycles. The van der Waals surface area contributed by atoms with Crippen LogP contribution >= 0.6 is 0 Å². The molecule has 0 amide bonds. The van der Waals surface area contributed by atoms with E-state index in [0.29, 0.717) is 0 Å². The lowest BCUT2D eigenvalue weighted by atomic mass is 10.1. The highest BCUT2D eigenvalue weighted by Crippen LogP contribution is 2.39. The summed E-state index contributed by atoms with van der Waals surface area (Å²) in [7, 11) is 0. The van der Waals surface area contributed by atoms with Crippen LogP contribution in [0.2, 0.25) is 0 Å². The molecule has 2 nitrogen and oxygen atoms in total. The van der Waals surface area contributed by atoms with Gasteiger partial charge in [0.15, 0.2) is 11.5 Å².